The second kappa shape index (κ2) is 6.31. The van der Waals surface area contributed by atoms with Crippen molar-refractivity contribution in [3.05, 3.63) is 29.8 Å². The van der Waals surface area contributed by atoms with Gasteiger partial charge in [-0.1, -0.05) is 18.2 Å². The van der Waals surface area contributed by atoms with Crippen LogP contribution in [-0.4, -0.2) is 29.8 Å². The van der Waals surface area contributed by atoms with Crippen LogP contribution in [-0.2, 0) is 5.41 Å². The number of ether oxygens (including phenoxy) is 1. The molecule has 0 amide bonds. The molecule has 0 fully saturated rings. The number of thioether (sulfide) groups is 1. The van der Waals surface area contributed by atoms with E-state index in [1.807, 2.05) is 24.3 Å². The summed E-state index contributed by atoms with van der Waals surface area (Å²) in [7, 11) is 0. The Kier molecular flexibility index (Phi) is 4.73. The molecule has 102 valence electrons. The Bertz CT molecular complexity index is 471. The molecule has 2 rings (SSSR count). The predicted octanol–water partition coefficient (Wildman–Crippen LogP) is 2.73. The molecule has 0 saturated heterocycles. The molecule has 0 aliphatic carbocycles. The van der Waals surface area contributed by atoms with Crippen LogP contribution in [0.15, 0.2) is 24.3 Å². The normalized spacial score (nSPS) is 23.0. The highest BCUT2D eigenvalue weighted by Gasteiger charge is 2.43. The Morgan fingerprint density at radius 3 is 3.05 bits per heavy atom. The zero-order valence-electron chi connectivity index (χ0n) is 11.1. The molecule has 1 heterocycles. The summed E-state index contributed by atoms with van der Waals surface area (Å²) in [6, 6.07) is 9.92. The van der Waals surface area contributed by atoms with Crippen molar-refractivity contribution < 1.29 is 9.84 Å². The van der Waals surface area contributed by atoms with E-state index in [9.17, 15) is 10.4 Å². The minimum atomic E-state index is -0.812. The molecule has 19 heavy (non-hydrogen) atoms. The number of nitriles is 1. The molecule has 3 nitrogen and oxygen atoms in total. The van der Waals surface area contributed by atoms with Gasteiger partial charge in [-0.25, -0.2) is 0 Å². The lowest BCUT2D eigenvalue weighted by Gasteiger charge is -2.36. The van der Waals surface area contributed by atoms with Gasteiger partial charge in [-0.15, -0.1) is 0 Å². The molecule has 0 radical (unpaired) electrons. The van der Waals surface area contributed by atoms with Crippen LogP contribution < -0.4 is 4.74 Å². The Balaban J connectivity index is 2.26. The quantitative estimate of drug-likeness (QED) is 0.841. The summed E-state index contributed by atoms with van der Waals surface area (Å²) in [5, 5.41) is 20.2. The third-order valence-electron chi connectivity index (χ3n) is 3.72. The molecule has 0 saturated carbocycles. The SMILES string of the molecule is CSCCCC(O)C1(C#N)CCOc2ccccc21. The third-order valence-corrected chi connectivity index (χ3v) is 4.41. The van der Waals surface area contributed by atoms with Crippen molar-refractivity contribution >= 4 is 11.8 Å². The smallest absolute Gasteiger partial charge is 0.124 e. The van der Waals surface area contributed by atoms with Crippen molar-refractivity contribution in [2.75, 3.05) is 18.6 Å². The van der Waals surface area contributed by atoms with Crippen LogP contribution in [0.25, 0.3) is 0 Å². The first-order valence-electron chi connectivity index (χ1n) is 6.55. The van der Waals surface area contributed by atoms with Crippen molar-refractivity contribution in [3.8, 4) is 11.8 Å². The van der Waals surface area contributed by atoms with Gasteiger partial charge in [0.05, 0.1) is 18.8 Å². The average molecular weight is 277 g/mol. The zero-order chi connectivity index (χ0) is 13.7. The molecule has 4 heteroatoms. The molecule has 2 unspecified atom stereocenters. The highest BCUT2D eigenvalue weighted by molar-refractivity contribution is 7.98. The minimum absolute atomic E-state index is 0.490. The minimum Gasteiger partial charge on any atom is -0.493 e. The maximum Gasteiger partial charge on any atom is 0.124 e. The third kappa shape index (κ3) is 2.72. The number of fused-ring (bicyclic) bond motifs is 1. The number of hydrogen-bond acceptors (Lipinski definition) is 4. The topological polar surface area (TPSA) is 53.2 Å². The highest BCUT2D eigenvalue weighted by Crippen LogP contribution is 2.42. The summed E-state index contributed by atoms with van der Waals surface area (Å²) in [6.45, 7) is 0.490. The summed E-state index contributed by atoms with van der Waals surface area (Å²) in [5.74, 6) is 1.75. The molecule has 1 aromatic carbocycles. The summed E-state index contributed by atoms with van der Waals surface area (Å²) in [5.41, 5.74) is 0.0215. The summed E-state index contributed by atoms with van der Waals surface area (Å²) < 4.78 is 5.59. The Morgan fingerprint density at radius 1 is 1.53 bits per heavy atom. The first kappa shape index (κ1) is 14.2. The van der Waals surface area contributed by atoms with E-state index in [-0.39, 0.29) is 0 Å². The van der Waals surface area contributed by atoms with Crippen molar-refractivity contribution in [1.29, 1.82) is 5.26 Å². The Hall–Kier alpha value is -1.18. The van der Waals surface area contributed by atoms with Gasteiger partial charge in [0.15, 0.2) is 0 Å². The van der Waals surface area contributed by atoms with Crippen molar-refractivity contribution in [1.82, 2.24) is 0 Å². The number of rotatable bonds is 5. The second-order valence-corrected chi connectivity index (χ2v) is 5.81. The lowest BCUT2D eigenvalue weighted by Crippen LogP contribution is -2.42. The van der Waals surface area contributed by atoms with Gasteiger partial charge in [0.1, 0.15) is 11.2 Å². The fourth-order valence-corrected chi connectivity index (χ4v) is 3.08. The molecular weight excluding hydrogens is 258 g/mol. The van der Waals surface area contributed by atoms with Crippen LogP contribution in [0, 0.1) is 11.3 Å². The van der Waals surface area contributed by atoms with Crippen molar-refractivity contribution in [3.63, 3.8) is 0 Å². The van der Waals surface area contributed by atoms with E-state index in [1.165, 1.54) is 0 Å². The first-order valence-corrected chi connectivity index (χ1v) is 7.94. The Morgan fingerprint density at radius 2 is 2.32 bits per heavy atom. The summed E-state index contributed by atoms with van der Waals surface area (Å²) in [6.07, 6.45) is 3.56. The summed E-state index contributed by atoms with van der Waals surface area (Å²) >= 11 is 1.76. The fourth-order valence-electron chi connectivity index (χ4n) is 2.62. The maximum absolute atomic E-state index is 10.5. The van der Waals surface area contributed by atoms with Gasteiger partial charge >= 0.3 is 0 Å². The largest absolute Gasteiger partial charge is 0.493 e. The number of aliphatic hydroxyl groups excluding tert-OH is 1. The van der Waals surface area contributed by atoms with Crippen LogP contribution in [0.5, 0.6) is 5.75 Å². The van der Waals surface area contributed by atoms with Gasteiger partial charge in [0.25, 0.3) is 0 Å². The number of benzene rings is 1. The van der Waals surface area contributed by atoms with Crippen LogP contribution in [0.2, 0.25) is 0 Å². The van der Waals surface area contributed by atoms with E-state index in [4.69, 9.17) is 4.74 Å². The first-order chi connectivity index (χ1) is 9.24. The molecule has 0 bridgehead atoms. The van der Waals surface area contributed by atoms with Gasteiger partial charge in [0, 0.05) is 12.0 Å². The summed E-state index contributed by atoms with van der Waals surface area (Å²) in [4.78, 5) is 0. The van der Waals surface area contributed by atoms with Gasteiger partial charge in [-0.3, -0.25) is 0 Å². The van der Waals surface area contributed by atoms with Gasteiger partial charge in [-0.05, 0) is 30.9 Å². The monoisotopic (exact) mass is 277 g/mol. The van der Waals surface area contributed by atoms with E-state index in [0.29, 0.717) is 19.4 Å². The molecule has 2 atom stereocenters. The molecule has 1 aliphatic heterocycles. The van der Waals surface area contributed by atoms with E-state index >= 15 is 0 Å². The van der Waals surface area contributed by atoms with E-state index in [0.717, 1.165) is 23.5 Å². The molecule has 1 aromatic rings. The van der Waals surface area contributed by atoms with Crippen LogP contribution >= 0.6 is 11.8 Å². The second-order valence-electron chi connectivity index (χ2n) is 4.83. The van der Waals surface area contributed by atoms with Crippen molar-refractivity contribution in [2.45, 2.75) is 30.8 Å². The lowest BCUT2D eigenvalue weighted by atomic mass is 9.71. The maximum atomic E-state index is 10.5. The van der Waals surface area contributed by atoms with Crippen LogP contribution in [0.1, 0.15) is 24.8 Å². The number of para-hydroxylation sites is 1. The predicted molar refractivity (Wildman–Crippen MR) is 77.5 cm³/mol. The van der Waals surface area contributed by atoms with Gasteiger partial charge in [-0.2, -0.15) is 17.0 Å². The standard InChI is InChI=1S/C15H19NO2S/c1-19-10-4-7-14(17)15(11-16)8-9-18-13-6-3-2-5-12(13)15/h2-3,5-6,14,17H,4,7-10H2,1H3. The lowest BCUT2D eigenvalue weighted by molar-refractivity contribution is 0.0735. The van der Waals surface area contributed by atoms with Gasteiger partial charge in [0.2, 0.25) is 0 Å². The average Bonchev–Trinajstić information content (AvgIpc) is 2.46. The molecule has 1 N–H and O–H groups in total. The van der Waals surface area contributed by atoms with Gasteiger partial charge < -0.3 is 9.84 Å². The van der Waals surface area contributed by atoms with E-state index in [1.54, 1.807) is 11.8 Å². The van der Waals surface area contributed by atoms with Crippen molar-refractivity contribution in [2.24, 2.45) is 0 Å². The van der Waals surface area contributed by atoms with Crippen LogP contribution in [0.3, 0.4) is 0 Å². The number of nitrogens with zero attached hydrogens (tertiary/aromatic N) is 1. The Labute approximate surface area is 118 Å². The zero-order valence-corrected chi connectivity index (χ0v) is 11.9. The number of aliphatic hydroxyl groups is 1. The molecule has 1 aliphatic rings. The van der Waals surface area contributed by atoms with E-state index in [2.05, 4.69) is 12.3 Å². The van der Waals surface area contributed by atoms with E-state index < -0.39 is 11.5 Å². The molecular formula is C15H19NO2S. The van der Waals surface area contributed by atoms with Crippen LogP contribution in [0.4, 0.5) is 0 Å². The highest BCUT2D eigenvalue weighted by atomic mass is 32.2. The number of hydrogen-bond donors (Lipinski definition) is 1. The molecule has 0 aromatic heterocycles. The molecule has 0 spiro atoms. The fraction of sp³-hybridized carbons (Fsp3) is 0.533.